The summed E-state index contributed by atoms with van der Waals surface area (Å²) in [6.07, 6.45) is 8.16. The Balaban J connectivity index is 1.57. The highest BCUT2D eigenvalue weighted by Gasteiger charge is 2.24. The minimum absolute atomic E-state index is 0.103. The minimum atomic E-state index is -0.103. The lowest BCUT2D eigenvalue weighted by Gasteiger charge is -2.19. The summed E-state index contributed by atoms with van der Waals surface area (Å²) >= 11 is 6.19. The molecule has 4 rings (SSSR count). The maximum absolute atomic E-state index is 13.0. The van der Waals surface area contributed by atoms with E-state index in [2.05, 4.69) is 5.10 Å². The summed E-state index contributed by atoms with van der Waals surface area (Å²) in [4.78, 5) is 14.7. The molecule has 0 saturated heterocycles. The normalized spacial score (nSPS) is 13.2. The molecule has 3 aromatic rings. The second kappa shape index (κ2) is 8.07. The van der Waals surface area contributed by atoms with E-state index in [0.717, 1.165) is 36.3 Å². The van der Waals surface area contributed by atoms with Crippen molar-refractivity contribution in [3.63, 3.8) is 0 Å². The molecular weight excluding hydrogens is 374 g/mol. The molecule has 0 N–H and O–H groups in total. The van der Waals surface area contributed by atoms with Crippen LogP contribution in [0.3, 0.4) is 0 Å². The van der Waals surface area contributed by atoms with Crippen molar-refractivity contribution in [2.75, 3.05) is 0 Å². The Morgan fingerprint density at radius 1 is 1.25 bits per heavy atom. The molecule has 0 atom stereocenters. The fourth-order valence-corrected chi connectivity index (χ4v) is 3.88. The Labute approximate surface area is 169 Å². The van der Waals surface area contributed by atoms with E-state index in [-0.39, 0.29) is 5.91 Å². The molecule has 1 aliphatic carbocycles. The molecule has 0 fully saturated rings. The Hall–Kier alpha value is -2.79. The van der Waals surface area contributed by atoms with Crippen molar-refractivity contribution >= 4 is 23.6 Å². The molecule has 1 amide bonds. The average Bonchev–Trinajstić information content (AvgIpc) is 3.41. The van der Waals surface area contributed by atoms with Crippen LogP contribution < -0.4 is 0 Å². The minimum Gasteiger partial charge on any atom is -0.467 e. The van der Waals surface area contributed by atoms with Crippen LogP contribution in [-0.4, -0.2) is 20.6 Å². The van der Waals surface area contributed by atoms with Gasteiger partial charge < -0.3 is 9.32 Å². The first-order chi connectivity index (χ1) is 13.6. The summed E-state index contributed by atoms with van der Waals surface area (Å²) in [6, 6.07) is 11.2. The quantitative estimate of drug-likeness (QED) is 0.581. The summed E-state index contributed by atoms with van der Waals surface area (Å²) in [5, 5.41) is 5.28. The van der Waals surface area contributed by atoms with Crippen LogP contribution in [0.25, 0.3) is 6.08 Å². The SMILES string of the molecule is Cn1nc(CN(Cc2ccco2)C(=O)/C=C/c2ccccc2Cl)c2c1CCC2. The van der Waals surface area contributed by atoms with E-state index in [9.17, 15) is 4.79 Å². The van der Waals surface area contributed by atoms with Gasteiger partial charge in [0.25, 0.3) is 0 Å². The zero-order valence-corrected chi connectivity index (χ0v) is 16.5. The molecule has 1 aromatic carbocycles. The maximum atomic E-state index is 13.0. The van der Waals surface area contributed by atoms with Crippen LogP contribution in [0.1, 0.15) is 34.7 Å². The van der Waals surface area contributed by atoms with Crippen LogP contribution in [0.4, 0.5) is 0 Å². The number of benzene rings is 1. The third-order valence-electron chi connectivity index (χ3n) is 5.09. The third kappa shape index (κ3) is 3.90. The number of hydrogen-bond acceptors (Lipinski definition) is 3. The van der Waals surface area contributed by atoms with Crippen molar-refractivity contribution in [1.82, 2.24) is 14.7 Å². The predicted octanol–water partition coefficient (Wildman–Crippen LogP) is 4.40. The fourth-order valence-electron chi connectivity index (χ4n) is 3.68. The Bertz CT molecular complexity index is 1000. The molecule has 2 aromatic heterocycles. The van der Waals surface area contributed by atoms with Crippen LogP contribution in [0.2, 0.25) is 5.02 Å². The van der Waals surface area contributed by atoms with E-state index in [1.54, 1.807) is 23.3 Å². The highest BCUT2D eigenvalue weighted by Crippen LogP contribution is 2.26. The Morgan fingerprint density at radius 2 is 2.11 bits per heavy atom. The van der Waals surface area contributed by atoms with E-state index in [4.69, 9.17) is 16.0 Å². The largest absolute Gasteiger partial charge is 0.467 e. The first-order valence-electron chi connectivity index (χ1n) is 9.39. The van der Waals surface area contributed by atoms with Crippen LogP contribution in [-0.2, 0) is 37.8 Å². The molecule has 0 saturated carbocycles. The first-order valence-corrected chi connectivity index (χ1v) is 9.77. The summed E-state index contributed by atoms with van der Waals surface area (Å²) in [5.41, 5.74) is 4.36. The molecule has 2 heterocycles. The number of rotatable bonds is 6. The molecule has 0 unspecified atom stereocenters. The van der Waals surface area contributed by atoms with Gasteiger partial charge in [-0.05, 0) is 54.7 Å². The molecule has 0 radical (unpaired) electrons. The van der Waals surface area contributed by atoms with E-state index in [0.29, 0.717) is 18.1 Å². The lowest BCUT2D eigenvalue weighted by atomic mass is 10.1. The highest BCUT2D eigenvalue weighted by atomic mass is 35.5. The number of amides is 1. The topological polar surface area (TPSA) is 51.3 Å². The lowest BCUT2D eigenvalue weighted by molar-refractivity contribution is -0.127. The monoisotopic (exact) mass is 395 g/mol. The van der Waals surface area contributed by atoms with E-state index < -0.39 is 0 Å². The maximum Gasteiger partial charge on any atom is 0.247 e. The van der Waals surface area contributed by atoms with Crippen LogP contribution >= 0.6 is 11.6 Å². The third-order valence-corrected chi connectivity index (χ3v) is 5.43. The number of aromatic nitrogens is 2. The molecule has 5 nitrogen and oxygen atoms in total. The Morgan fingerprint density at radius 3 is 2.89 bits per heavy atom. The summed E-state index contributed by atoms with van der Waals surface area (Å²) < 4.78 is 7.42. The number of carbonyl (C=O) groups is 1. The van der Waals surface area contributed by atoms with Crippen molar-refractivity contribution in [2.24, 2.45) is 7.05 Å². The van der Waals surface area contributed by atoms with Crippen molar-refractivity contribution < 1.29 is 9.21 Å². The highest BCUT2D eigenvalue weighted by molar-refractivity contribution is 6.32. The van der Waals surface area contributed by atoms with Gasteiger partial charge in [-0.25, -0.2) is 0 Å². The van der Waals surface area contributed by atoms with E-state index in [1.807, 2.05) is 48.1 Å². The van der Waals surface area contributed by atoms with Gasteiger partial charge in [0.15, 0.2) is 0 Å². The second-order valence-corrected chi connectivity index (χ2v) is 7.38. The number of nitrogens with zero attached hydrogens (tertiary/aromatic N) is 3. The Kier molecular flexibility index (Phi) is 5.35. The molecule has 6 heteroatoms. The van der Waals surface area contributed by atoms with Crippen LogP contribution in [0, 0.1) is 0 Å². The fraction of sp³-hybridized carbons (Fsp3) is 0.273. The van der Waals surface area contributed by atoms with Gasteiger partial charge >= 0.3 is 0 Å². The summed E-state index contributed by atoms with van der Waals surface area (Å²) in [6.45, 7) is 0.847. The molecule has 1 aliphatic rings. The predicted molar refractivity (Wildman–Crippen MR) is 109 cm³/mol. The van der Waals surface area contributed by atoms with Gasteiger partial charge in [-0.2, -0.15) is 5.10 Å². The smallest absolute Gasteiger partial charge is 0.247 e. The van der Waals surface area contributed by atoms with Gasteiger partial charge in [-0.15, -0.1) is 0 Å². The second-order valence-electron chi connectivity index (χ2n) is 6.98. The van der Waals surface area contributed by atoms with Gasteiger partial charge in [-0.1, -0.05) is 29.8 Å². The van der Waals surface area contributed by atoms with E-state index in [1.165, 1.54) is 11.3 Å². The average molecular weight is 396 g/mol. The zero-order chi connectivity index (χ0) is 19.5. The first kappa shape index (κ1) is 18.6. The van der Waals surface area contributed by atoms with Gasteiger partial charge in [0.2, 0.25) is 5.91 Å². The van der Waals surface area contributed by atoms with Crippen molar-refractivity contribution in [3.8, 4) is 0 Å². The van der Waals surface area contributed by atoms with Gasteiger partial charge in [0.1, 0.15) is 5.76 Å². The molecule has 0 spiro atoms. The molecule has 28 heavy (non-hydrogen) atoms. The number of hydrogen-bond donors (Lipinski definition) is 0. The lowest BCUT2D eigenvalue weighted by Crippen LogP contribution is -2.29. The molecule has 0 aliphatic heterocycles. The van der Waals surface area contributed by atoms with Gasteiger partial charge in [0.05, 0.1) is 25.0 Å². The number of halogens is 1. The number of carbonyl (C=O) groups excluding carboxylic acids is 1. The number of furan rings is 1. The summed E-state index contributed by atoms with van der Waals surface area (Å²) in [5.74, 6) is 0.640. The van der Waals surface area contributed by atoms with E-state index >= 15 is 0 Å². The molecular formula is C22H22ClN3O2. The van der Waals surface area contributed by atoms with Crippen molar-refractivity contribution in [3.05, 3.63) is 82.0 Å². The van der Waals surface area contributed by atoms with Crippen LogP contribution in [0.15, 0.2) is 53.2 Å². The summed E-state index contributed by atoms with van der Waals surface area (Å²) in [7, 11) is 1.98. The zero-order valence-electron chi connectivity index (χ0n) is 15.8. The molecule has 0 bridgehead atoms. The van der Waals surface area contributed by atoms with Gasteiger partial charge in [-0.3, -0.25) is 9.48 Å². The van der Waals surface area contributed by atoms with Crippen molar-refractivity contribution in [1.29, 1.82) is 0 Å². The molecule has 144 valence electrons. The van der Waals surface area contributed by atoms with Gasteiger partial charge in [0, 0.05) is 23.8 Å². The van der Waals surface area contributed by atoms with Crippen LogP contribution in [0.5, 0.6) is 0 Å². The number of aryl methyl sites for hydroxylation is 1. The van der Waals surface area contributed by atoms with Crippen molar-refractivity contribution in [2.45, 2.75) is 32.4 Å². The standard InChI is InChI=1S/C22H22ClN3O2/c1-25-21-10-4-8-18(21)20(24-25)15-26(14-17-7-5-13-28-17)22(27)12-11-16-6-2-3-9-19(16)23/h2-3,5-7,9,11-13H,4,8,10,14-15H2,1H3/b12-11+. The number of fused-ring (bicyclic) bond motifs is 1.